The van der Waals surface area contributed by atoms with Crippen LogP contribution in [0.15, 0.2) is 47.6 Å². The number of hydrogen-bond acceptors (Lipinski definition) is 3. The van der Waals surface area contributed by atoms with Crippen LogP contribution < -0.4 is 10.2 Å². The topological polar surface area (TPSA) is 45.2 Å². The summed E-state index contributed by atoms with van der Waals surface area (Å²) in [7, 11) is 0. The Bertz CT molecular complexity index is 659. The summed E-state index contributed by atoms with van der Waals surface area (Å²) in [6.07, 6.45) is 4.40. The van der Waals surface area contributed by atoms with Gasteiger partial charge in [0.05, 0.1) is 11.9 Å². The van der Waals surface area contributed by atoms with Crippen molar-refractivity contribution in [2.75, 3.05) is 22.5 Å². The zero-order chi connectivity index (χ0) is 14.7. The number of nitrogens with zero attached hydrogens (tertiary/aromatic N) is 2. The molecular formula is C16H17N3OS. The van der Waals surface area contributed by atoms with Crippen LogP contribution in [0.4, 0.5) is 16.2 Å². The molecule has 0 unspecified atom stereocenters. The van der Waals surface area contributed by atoms with E-state index in [4.69, 9.17) is 0 Å². The van der Waals surface area contributed by atoms with E-state index in [9.17, 15) is 4.79 Å². The Hall–Kier alpha value is -2.01. The highest BCUT2D eigenvalue weighted by molar-refractivity contribution is 7.99. The molecule has 1 aromatic heterocycles. The van der Waals surface area contributed by atoms with Crippen LogP contribution in [0.5, 0.6) is 0 Å². The monoisotopic (exact) mass is 299 g/mol. The Balaban J connectivity index is 1.74. The van der Waals surface area contributed by atoms with E-state index in [-0.39, 0.29) is 6.03 Å². The van der Waals surface area contributed by atoms with Gasteiger partial charge >= 0.3 is 6.03 Å². The summed E-state index contributed by atoms with van der Waals surface area (Å²) in [4.78, 5) is 19.5. The fourth-order valence-corrected chi connectivity index (χ4v) is 3.15. The maximum atomic E-state index is 12.4. The minimum Gasteiger partial charge on any atom is -0.306 e. The molecule has 4 nitrogen and oxygen atoms in total. The van der Waals surface area contributed by atoms with Crippen molar-refractivity contribution >= 4 is 29.2 Å². The van der Waals surface area contributed by atoms with E-state index in [2.05, 4.69) is 23.3 Å². The quantitative estimate of drug-likeness (QED) is 0.877. The fraction of sp³-hybridized carbons (Fsp3) is 0.250. The summed E-state index contributed by atoms with van der Waals surface area (Å²) in [5, 5.41) is 2.93. The van der Waals surface area contributed by atoms with E-state index in [1.54, 1.807) is 22.9 Å². The van der Waals surface area contributed by atoms with Gasteiger partial charge in [-0.3, -0.25) is 9.88 Å². The molecule has 0 spiro atoms. The van der Waals surface area contributed by atoms with Gasteiger partial charge in [-0.25, -0.2) is 4.79 Å². The Labute approximate surface area is 128 Å². The lowest BCUT2D eigenvalue weighted by atomic mass is 10.2. The first-order valence-electron chi connectivity index (χ1n) is 7.02. The third kappa shape index (κ3) is 3.03. The van der Waals surface area contributed by atoms with Crippen molar-refractivity contribution in [1.29, 1.82) is 0 Å². The summed E-state index contributed by atoms with van der Waals surface area (Å²) >= 11 is 1.71. The van der Waals surface area contributed by atoms with E-state index >= 15 is 0 Å². The van der Waals surface area contributed by atoms with Crippen molar-refractivity contribution in [1.82, 2.24) is 4.98 Å². The number of amides is 2. The molecule has 1 aromatic carbocycles. The summed E-state index contributed by atoms with van der Waals surface area (Å²) in [5.41, 5.74) is 2.96. The van der Waals surface area contributed by atoms with E-state index < -0.39 is 0 Å². The van der Waals surface area contributed by atoms with E-state index in [1.807, 2.05) is 30.5 Å². The zero-order valence-corrected chi connectivity index (χ0v) is 12.7. The Morgan fingerprint density at radius 1 is 1.38 bits per heavy atom. The predicted octanol–water partition coefficient (Wildman–Crippen LogP) is 3.79. The molecule has 0 fully saturated rings. The molecule has 1 aliphatic heterocycles. The third-order valence-electron chi connectivity index (χ3n) is 3.41. The minimum atomic E-state index is -0.0969. The first-order valence-corrected chi connectivity index (χ1v) is 8.01. The van der Waals surface area contributed by atoms with Gasteiger partial charge in [-0.1, -0.05) is 25.1 Å². The van der Waals surface area contributed by atoms with Gasteiger partial charge in [0.2, 0.25) is 0 Å². The van der Waals surface area contributed by atoms with Crippen LogP contribution in [0, 0.1) is 0 Å². The summed E-state index contributed by atoms with van der Waals surface area (Å²) < 4.78 is 0. The molecule has 108 valence electrons. The molecule has 21 heavy (non-hydrogen) atoms. The molecule has 0 bridgehead atoms. The maximum Gasteiger partial charge on any atom is 0.326 e. The second-order valence-electron chi connectivity index (χ2n) is 4.80. The number of benzene rings is 1. The van der Waals surface area contributed by atoms with Gasteiger partial charge < -0.3 is 5.32 Å². The fourth-order valence-electron chi connectivity index (χ4n) is 2.47. The van der Waals surface area contributed by atoms with E-state index in [0.717, 1.165) is 35.0 Å². The maximum absolute atomic E-state index is 12.4. The number of urea groups is 1. The van der Waals surface area contributed by atoms with Crippen LogP contribution >= 0.6 is 11.8 Å². The largest absolute Gasteiger partial charge is 0.326 e. The van der Waals surface area contributed by atoms with Gasteiger partial charge in [0.15, 0.2) is 0 Å². The number of pyridine rings is 1. The number of fused-ring (bicyclic) bond motifs is 1. The van der Waals surface area contributed by atoms with Crippen LogP contribution in [0.1, 0.15) is 12.5 Å². The molecule has 0 aliphatic carbocycles. The molecule has 0 saturated heterocycles. The second-order valence-corrected chi connectivity index (χ2v) is 6.14. The average molecular weight is 299 g/mol. The summed E-state index contributed by atoms with van der Waals surface area (Å²) in [6, 6.07) is 9.90. The van der Waals surface area contributed by atoms with Crippen molar-refractivity contribution in [2.24, 2.45) is 0 Å². The molecule has 1 aliphatic rings. The van der Waals surface area contributed by atoms with Crippen molar-refractivity contribution < 1.29 is 4.79 Å². The predicted molar refractivity (Wildman–Crippen MR) is 87.1 cm³/mol. The van der Waals surface area contributed by atoms with E-state index in [1.165, 1.54) is 5.56 Å². The van der Waals surface area contributed by atoms with Crippen molar-refractivity contribution in [3.63, 3.8) is 0 Å². The molecule has 2 heterocycles. The van der Waals surface area contributed by atoms with Crippen LogP contribution in [0.25, 0.3) is 0 Å². The highest BCUT2D eigenvalue weighted by Gasteiger charge is 2.24. The third-order valence-corrected chi connectivity index (χ3v) is 4.25. The van der Waals surface area contributed by atoms with Gasteiger partial charge in [0.1, 0.15) is 0 Å². The lowest BCUT2D eigenvalue weighted by Crippen LogP contribution is -2.33. The Morgan fingerprint density at radius 2 is 2.24 bits per heavy atom. The molecule has 0 atom stereocenters. The van der Waals surface area contributed by atoms with Crippen molar-refractivity contribution in [3.8, 4) is 0 Å². The molecule has 2 amide bonds. The van der Waals surface area contributed by atoms with Gasteiger partial charge in [-0.2, -0.15) is 0 Å². The van der Waals surface area contributed by atoms with Crippen molar-refractivity contribution in [2.45, 2.75) is 18.2 Å². The number of carbonyl (C=O) groups excluding carboxylic acids is 1. The molecule has 2 aromatic rings. The van der Waals surface area contributed by atoms with E-state index in [0.29, 0.717) is 0 Å². The normalized spacial score (nSPS) is 13.1. The average Bonchev–Trinajstić information content (AvgIpc) is 2.92. The number of carbonyl (C=O) groups is 1. The number of anilines is 2. The number of rotatable bonds is 3. The highest BCUT2D eigenvalue weighted by Crippen LogP contribution is 2.28. The minimum absolute atomic E-state index is 0.0969. The van der Waals surface area contributed by atoms with Gasteiger partial charge in [0.25, 0.3) is 0 Å². The zero-order valence-electron chi connectivity index (χ0n) is 11.9. The lowest BCUT2D eigenvalue weighted by molar-refractivity contribution is 0.257. The smallest absolute Gasteiger partial charge is 0.306 e. The summed E-state index contributed by atoms with van der Waals surface area (Å²) in [6.45, 7) is 2.82. The molecule has 5 heteroatoms. The molecule has 0 radical (unpaired) electrons. The number of para-hydroxylation sites is 1. The Kier molecular flexibility index (Phi) is 4.10. The Morgan fingerprint density at radius 3 is 3.10 bits per heavy atom. The van der Waals surface area contributed by atoms with Gasteiger partial charge in [-0.15, -0.1) is 11.8 Å². The molecule has 3 rings (SSSR count). The number of hydrogen-bond donors (Lipinski definition) is 1. The summed E-state index contributed by atoms with van der Waals surface area (Å²) in [5.74, 6) is 0.985. The number of thioether (sulfide) groups is 1. The number of aromatic nitrogens is 1. The first kappa shape index (κ1) is 13.9. The van der Waals surface area contributed by atoms with Crippen LogP contribution in [0.2, 0.25) is 0 Å². The highest BCUT2D eigenvalue weighted by atomic mass is 32.2. The number of nitrogens with one attached hydrogen (secondary N) is 1. The van der Waals surface area contributed by atoms with Gasteiger partial charge in [-0.05, 0) is 29.9 Å². The van der Waals surface area contributed by atoms with Crippen LogP contribution in [-0.4, -0.2) is 23.3 Å². The standard InChI is InChI=1S/C16H17N3OS/c1-2-21-14-9-13(10-17-11-14)18-16(20)19-8-7-12-5-3-4-6-15(12)19/h3-6,9-11H,2,7-8H2,1H3,(H,18,20). The molecular weight excluding hydrogens is 282 g/mol. The van der Waals surface area contributed by atoms with Crippen LogP contribution in [0.3, 0.4) is 0 Å². The molecule has 1 N–H and O–H groups in total. The van der Waals surface area contributed by atoms with Gasteiger partial charge in [0, 0.05) is 23.3 Å². The van der Waals surface area contributed by atoms with Crippen LogP contribution in [-0.2, 0) is 6.42 Å². The van der Waals surface area contributed by atoms with Crippen molar-refractivity contribution in [3.05, 3.63) is 48.3 Å². The SMILES string of the molecule is CCSc1cncc(NC(=O)N2CCc3ccccc32)c1. The second kappa shape index (κ2) is 6.18. The lowest BCUT2D eigenvalue weighted by Gasteiger charge is -2.18. The first-order chi connectivity index (χ1) is 10.3. The molecule has 0 saturated carbocycles.